The summed E-state index contributed by atoms with van der Waals surface area (Å²) in [6, 6.07) is 5.34. The van der Waals surface area contributed by atoms with Gasteiger partial charge in [-0.15, -0.1) is 0 Å². The Morgan fingerprint density at radius 2 is 2.00 bits per heavy atom. The lowest BCUT2D eigenvalue weighted by Gasteiger charge is -2.17. The third-order valence-electron chi connectivity index (χ3n) is 2.60. The van der Waals surface area contributed by atoms with E-state index in [1.165, 1.54) is 0 Å². The molecule has 0 radical (unpaired) electrons. The Hall–Kier alpha value is -0.660. The molecule has 1 aromatic carbocycles. The Balaban J connectivity index is 2.39. The number of hydrogen-bond donors (Lipinski definition) is 2. The van der Waals surface area contributed by atoms with Crippen LogP contribution in [0.4, 0.5) is 0 Å². The number of aliphatic hydroxyl groups is 2. The van der Waals surface area contributed by atoms with Crippen molar-refractivity contribution in [3.63, 3.8) is 0 Å². The van der Waals surface area contributed by atoms with Crippen molar-refractivity contribution >= 4 is 15.9 Å². The molecule has 1 rings (SSSR count). The van der Waals surface area contributed by atoms with Crippen molar-refractivity contribution in [2.24, 2.45) is 0 Å². The van der Waals surface area contributed by atoms with Crippen molar-refractivity contribution in [1.82, 2.24) is 0 Å². The minimum Gasteiger partial charge on any atom is -0.490 e. The van der Waals surface area contributed by atoms with Crippen molar-refractivity contribution in [2.75, 3.05) is 26.9 Å². The maximum absolute atomic E-state index is 9.78. The first-order valence-corrected chi connectivity index (χ1v) is 7.16. The molecule has 2 N–H and O–H groups in total. The second-order valence-electron chi connectivity index (χ2n) is 4.47. The summed E-state index contributed by atoms with van der Waals surface area (Å²) in [5.41, 5.74) is 0.667. The summed E-state index contributed by atoms with van der Waals surface area (Å²) in [6.45, 7) is 2.51. The molecule has 1 aromatic rings. The van der Waals surface area contributed by atoms with Gasteiger partial charge in [0, 0.05) is 17.1 Å². The fourth-order valence-electron chi connectivity index (χ4n) is 1.60. The largest absolute Gasteiger partial charge is 0.490 e. The van der Waals surface area contributed by atoms with Gasteiger partial charge >= 0.3 is 0 Å². The first-order valence-electron chi connectivity index (χ1n) is 6.37. The highest BCUT2D eigenvalue weighted by Gasteiger charge is 2.10. The van der Waals surface area contributed by atoms with Crippen molar-refractivity contribution in [1.29, 1.82) is 0 Å². The van der Waals surface area contributed by atoms with Crippen LogP contribution in [0.25, 0.3) is 0 Å². The SMILES string of the molecule is COCC(C)OCC(O)COc1ccc(Br)cc1CO. The van der Waals surface area contributed by atoms with Gasteiger partial charge in [0.25, 0.3) is 0 Å². The van der Waals surface area contributed by atoms with Gasteiger partial charge in [0.05, 0.1) is 25.9 Å². The topological polar surface area (TPSA) is 68.2 Å². The smallest absolute Gasteiger partial charge is 0.125 e. The van der Waals surface area contributed by atoms with E-state index in [9.17, 15) is 10.2 Å². The molecule has 0 amide bonds. The van der Waals surface area contributed by atoms with Crippen molar-refractivity contribution < 1.29 is 24.4 Å². The number of benzene rings is 1. The monoisotopic (exact) mass is 348 g/mol. The summed E-state index contributed by atoms with van der Waals surface area (Å²) in [5, 5.41) is 19.0. The standard InChI is InChI=1S/C14H21BrO5/c1-10(7-18-2)19-8-13(17)9-20-14-4-3-12(15)5-11(14)6-16/h3-5,10,13,16-17H,6-9H2,1-2H3. The first-order chi connectivity index (χ1) is 9.56. The van der Waals surface area contributed by atoms with Gasteiger partial charge in [-0.1, -0.05) is 15.9 Å². The van der Waals surface area contributed by atoms with E-state index >= 15 is 0 Å². The summed E-state index contributed by atoms with van der Waals surface area (Å²) in [4.78, 5) is 0. The molecule has 20 heavy (non-hydrogen) atoms. The first kappa shape index (κ1) is 17.4. The van der Waals surface area contributed by atoms with Crippen molar-refractivity contribution in [3.05, 3.63) is 28.2 Å². The Morgan fingerprint density at radius 1 is 1.25 bits per heavy atom. The predicted octanol–water partition coefficient (Wildman–Crippen LogP) is 1.73. The molecule has 0 aliphatic heterocycles. The van der Waals surface area contributed by atoms with Gasteiger partial charge in [0.1, 0.15) is 18.5 Å². The second-order valence-corrected chi connectivity index (χ2v) is 5.39. The maximum atomic E-state index is 9.78. The third kappa shape index (κ3) is 6.19. The van der Waals surface area contributed by atoms with E-state index < -0.39 is 6.10 Å². The lowest BCUT2D eigenvalue weighted by atomic mass is 10.2. The minimum absolute atomic E-state index is 0.0738. The Bertz CT molecular complexity index is 399. The molecule has 0 aromatic heterocycles. The zero-order chi connectivity index (χ0) is 15.0. The third-order valence-corrected chi connectivity index (χ3v) is 3.09. The molecular formula is C14H21BrO5. The lowest BCUT2D eigenvalue weighted by Crippen LogP contribution is -2.27. The zero-order valence-electron chi connectivity index (χ0n) is 11.7. The van der Waals surface area contributed by atoms with E-state index in [1.807, 2.05) is 13.0 Å². The van der Waals surface area contributed by atoms with Crippen LogP contribution in [-0.4, -0.2) is 49.4 Å². The Morgan fingerprint density at radius 3 is 2.65 bits per heavy atom. The molecule has 0 spiro atoms. The van der Waals surface area contributed by atoms with Crippen LogP contribution in [0.2, 0.25) is 0 Å². The summed E-state index contributed by atoms with van der Waals surface area (Å²) in [7, 11) is 1.60. The predicted molar refractivity (Wildman–Crippen MR) is 78.9 cm³/mol. The van der Waals surface area contributed by atoms with Crippen molar-refractivity contribution in [3.8, 4) is 5.75 Å². The number of halogens is 1. The molecule has 0 saturated heterocycles. The van der Waals surface area contributed by atoms with E-state index in [4.69, 9.17) is 14.2 Å². The van der Waals surface area contributed by atoms with E-state index in [-0.39, 0.29) is 25.9 Å². The highest BCUT2D eigenvalue weighted by atomic mass is 79.9. The second kappa shape index (κ2) is 9.31. The molecule has 0 heterocycles. The minimum atomic E-state index is -0.732. The van der Waals surface area contributed by atoms with Crippen LogP contribution >= 0.6 is 15.9 Å². The lowest BCUT2D eigenvalue weighted by molar-refractivity contribution is -0.0424. The van der Waals surface area contributed by atoms with Crippen LogP contribution in [0.5, 0.6) is 5.75 Å². The molecule has 0 aliphatic rings. The van der Waals surface area contributed by atoms with Gasteiger partial charge in [-0.25, -0.2) is 0 Å². The molecule has 0 bridgehead atoms. The number of hydrogen-bond acceptors (Lipinski definition) is 5. The highest BCUT2D eigenvalue weighted by Crippen LogP contribution is 2.23. The maximum Gasteiger partial charge on any atom is 0.125 e. The summed E-state index contributed by atoms with van der Waals surface area (Å²) in [5.74, 6) is 0.555. The molecule has 114 valence electrons. The van der Waals surface area contributed by atoms with E-state index in [2.05, 4.69) is 15.9 Å². The number of methoxy groups -OCH3 is 1. The number of ether oxygens (including phenoxy) is 3. The molecule has 0 aliphatic carbocycles. The summed E-state index contributed by atoms with van der Waals surface area (Å²) >= 11 is 3.32. The molecular weight excluding hydrogens is 328 g/mol. The van der Waals surface area contributed by atoms with Crippen LogP contribution in [0.1, 0.15) is 12.5 Å². The summed E-state index contributed by atoms with van der Waals surface area (Å²) in [6.07, 6.45) is -0.806. The Kier molecular flexibility index (Phi) is 8.09. The van der Waals surface area contributed by atoms with Gasteiger partial charge in [-0.05, 0) is 25.1 Å². The average Bonchev–Trinajstić information content (AvgIpc) is 2.44. The van der Waals surface area contributed by atoms with Crippen LogP contribution in [0, 0.1) is 0 Å². The van der Waals surface area contributed by atoms with Gasteiger partial charge in [-0.2, -0.15) is 0 Å². The van der Waals surface area contributed by atoms with Crippen LogP contribution < -0.4 is 4.74 Å². The van der Waals surface area contributed by atoms with Gasteiger partial charge in [-0.3, -0.25) is 0 Å². The summed E-state index contributed by atoms with van der Waals surface area (Å²) < 4.78 is 16.7. The number of aliphatic hydroxyl groups excluding tert-OH is 2. The molecule has 2 atom stereocenters. The van der Waals surface area contributed by atoms with E-state index in [0.717, 1.165) is 4.47 Å². The van der Waals surface area contributed by atoms with Gasteiger partial charge in [0.2, 0.25) is 0 Å². The van der Waals surface area contributed by atoms with Crippen LogP contribution in [-0.2, 0) is 16.1 Å². The number of rotatable bonds is 9. The van der Waals surface area contributed by atoms with Crippen molar-refractivity contribution in [2.45, 2.75) is 25.7 Å². The van der Waals surface area contributed by atoms with Gasteiger partial charge in [0.15, 0.2) is 0 Å². The molecule has 2 unspecified atom stereocenters. The highest BCUT2D eigenvalue weighted by molar-refractivity contribution is 9.10. The van der Waals surface area contributed by atoms with Crippen LogP contribution in [0.15, 0.2) is 22.7 Å². The van der Waals surface area contributed by atoms with Crippen LogP contribution in [0.3, 0.4) is 0 Å². The molecule has 0 fully saturated rings. The average molecular weight is 349 g/mol. The van der Waals surface area contributed by atoms with E-state index in [1.54, 1.807) is 19.2 Å². The zero-order valence-corrected chi connectivity index (χ0v) is 13.3. The Labute approximate surface area is 127 Å². The normalized spacial score (nSPS) is 14.1. The fourth-order valence-corrected chi connectivity index (χ4v) is 2.01. The fraction of sp³-hybridized carbons (Fsp3) is 0.571. The molecule has 6 heteroatoms. The molecule has 0 saturated carbocycles. The van der Waals surface area contributed by atoms with Gasteiger partial charge < -0.3 is 24.4 Å². The quantitative estimate of drug-likeness (QED) is 0.711. The molecule has 5 nitrogen and oxygen atoms in total. The van der Waals surface area contributed by atoms with E-state index in [0.29, 0.717) is 17.9 Å².